The summed E-state index contributed by atoms with van der Waals surface area (Å²) in [5, 5.41) is 33.3. The Balaban J connectivity index is 1.43. The first-order valence-corrected chi connectivity index (χ1v) is 12.2. The molecule has 5 rings (SSSR count). The van der Waals surface area contributed by atoms with Gasteiger partial charge < -0.3 is 16.0 Å². The topological polar surface area (TPSA) is 147 Å². The number of carbonyl (C=O) groups is 1. The molecule has 0 radical (unpaired) electrons. The molecule has 1 aromatic carbocycles. The monoisotopic (exact) mass is 504 g/mol. The summed E-state index contributed by atoms with van der Waals surface area (Å²) in [6.45, 7) is 1.90. The molecule has 3 heterocycles. The largest absolute Gasteiger partial charge is 0.364 e. The van der Waals surface area contributed by atoms with Crippen LogP contribution in [-0.4, -0.2) is 63.1 Å². The summed E-state index contributed by atoms with van der Waals surface area (Å²) < 4.78 is 1.45. The van der Waals surface area contributed by atoms with Gasteiger partial charge in [0.25, 0.3) is 0 Å². The van der Waals surface area contributed by atoms with E-state index in [9.17, 15) is 15.3 Å². The van der Waals surface area contributed by atoms with E-state index in [1.54, 1.807) is 13.1 Å². The van der Waals surface area contributed by atoms with E-state index >= 15 is 0 Å². The van der Waals surface area contributed by atoms with Gasteiger partial charge in [-0.05, 0) is 62.4 Å². The van der Waals surface area contributed by atoms with Gasteiger partial charge in [0, 0.05) is 13.1 Å². The second-order valence-corrected chi connectivity index (χ2v) is 9.46. The Morgan fingerprint density at radius 3 is 2.64 bits per heavy atom. The molecule has 0 atom stereocenters. The molecule has 3 aromatic rings. The normalized spacial score (nSPS) is 16.3. The number of carbonyl (C=O) groups excluding carboxylic acids is 1. The molecule has 1 saturated heterocycles. The standard InChI is InChI=1S/C24H25ClN10O/c1-28-20(36)13-34-6-4-15(5-7-34)18-8-14(10-26)9-19(21(18)25)31-24-32-22(30-16-2-3-16)23-29-12-17(11-27)35(23)33-24/h8-9,12,15-16H,2-7,13H2,1H3,(H,28,36)(H2,30,31,32,33). The number of amides is 1. The van der Waals surface area contributed by atoms with Gasteiger partial charge in [-0.25, -0.2) is 4.98 Å². The quantitative estimate of drug-likeness (QED) is 0.441. The molecule has 184 valence electrons. The number of fused-ring (bicyclic) bond motifs is 1. The Morgan fingerprint density at radius 1 is 1.19 bits per heavy atom. The van der Waals surface area contributed by atoms with Gasteiger partial charge in [0.05, 0.1) is 35.1 Å². The van der Waals surface area contributed by atoms with E-state index in [2.05, 4.69) is 48.1 Å². The summed E-state index contributed by atoms with van der Waals surface area (Å²) >= 11 is 6.86. The number of nitrogens with one attached hydrogen (secondary N) is 3. The second-order valence-electron chi connectivity index (χ2n) is 9.08. The smallest absolute Gasteiger partial charge is 0.247 e. The summed E-state index contributed by atoms with van der Waals surface area (Å²) in [5.41, 5.74) is 2.65. The van der Waals surface area contributed by atoms with E-state index < -0.39 is 0 Å². The second kappa shape index (κ2) is 9.97. The van der Waals surface area contributed by atoms with Gasteiger partial charge >= 0.3 is 0 Å². The van der Waals surface area contributed by atoms with Gasteiger partial charge in [-0.1, -0.05) is 11.6 Å². The molecule has 1 amide bonds. The average Bonchev–Trinajstić information content (AvgIpc) is 3.61. The number of nitrogens with zero attached hydrogens (tertiary/aromatic N) is 7. The number of piperidine rings is 1. The molecular weight excluding hydrogens is 480 g/mol. The number of rotatable bonds is 7. The highest BCUT2D eigenvalue weighted by molar-refractivity contribution is 6.34. The molecule has 3 N–H and O–H groups in total. The Kier molecular flexibility index (Phi) is 6.59. The molecule has 0 bridgehead atoms. The van der Waals surface area contributed by atoms with Crippen LogP contribution in [-0.2, 0) is 4.79 Å². The predicted octanol–water partition coefficient (Wildman–Crippen LogP) is 2.76. The van der Waals surface area contributed by atoms with Gasteiger partial charge in [0.15, 0.2) is 17.2 Å². The third kappa shape index (κ3) is 4.89. The lowest BCUT2D eigenvalue weighted by atomic mass is 9.88. The fraction of sp³-hybridized carbons (Fsp3) is 0.417. The zero-order valence-electron chi connectivity index (χ0n) is 19.8. The third-order valence-corrected chi connectivity index (χ3v) is 6.97. The van der Waals surface area contributed by atoms with Crippen molar-refractivity contribution in [3.05, 3.63) is 40.2 Å². The summed E-state index contributed by atoms with van der Waals surface area (Å²) in [5.74, 6) is 0.923. The van der Waals surface area contributed by atoms with Crippen LogP contribution in [0.15, 0.2) is 18.3 Å². The number of nitriles is 2. The van der Waals surface area contributed by atoms with E-state index in [1.807, 2.05) is 6.07 Å². The van der Waals surface area contributed by atoms with Gasteiger partial charge in [-0.15, -0.1) is 5.10 Å². The average molecular weight is 505 g/mol. The van der Waals surface area contributed by atoms with Gasteiger partial charge in [0.2, 0.25) is 11.9 Å². The Bertz CT molecular complexity index is 1390. The lowest BCUT2D eigenvalue weighted by Crippen LogP contribution is -2.40. The molecule has 36 heavy (non-hydrogen) atoms. The SMILES string of the molecule is CNC(=O)CN1CCC(c2cc(C#N)cc(Nc3nc(NC4CC4)c4ncc(C#N)n4n3)c2Cl)CC1. The summed E-state index contributed by atoms with van der Waals surface area (Å²) in [4.78, 5) is 22.7. The number of anilines is 3. The highest BCUT2D eigenvalue weighted by Crippen LogP contribution is 2.38. The fourth-order valence-electron chi connectivity index (χ4n) is 4.43. The van der Waals surface area contributed by atoms with E-state index in [0.717, 1.165) is 44.3 Å². The molecule has 2 aromatic heterocycles. The van der Waals surface area contributed by atoms with Crippen LogP contribution in [0.3, 0.4) is 0 Å². The first kappa shape index (κ1) is 23.8. The lowest BCUT2D eigenvalue weighted by molar-refractivity contribution is -0.122. The number of aromatic nitrogens is 4. The van der Waals surface area contributed by atoms with Crippen LogP contribution in [0.2, 0.25) is 5.02 Å². The number of likely N-dealkylation sites (N-methyl/N-ethyl adjacent to an activating group) is 1. The summed E-state index contributed by atoms with van der Waals surface area (Å²) in [6, 6.07) is 8.14. The molecule has 0 spiro atoms. The Hall–Kier alpha value is -3.93. The predicted molar refractivity (Wildman–Crippen MR) is 134 cm³/mol. The molecule has 1 aliphatic carbocycles. The van der Waals surface area contributed by atoms with E-state index in [0.29, 0.717) is 40.3 Å². The van der Waals surface area contributed by atoms with Crippen LogP contribution >= 0.6 is 11.6 Å². The number of halogens is 1. The Morgan fingerprint density at radius 2 is 1.97 bits per heavy atom. The maximum absolute atomic E-state index is 11.7. The van der Waals surface area contributed by atoms with Crippen LogP contribution in [0.1, 0.15) is 48.4 Å². The van der Waals surface area contributed by atoms with Crippen molar-refractivity contribution in [1.29, 1.82) is 10.5 Å². The Labute approximate surface area is 213 Å². The van der Waals surface area contributed by atoms with Gasteiger partial charge in [-0.2, -0.15) is 20.0 Å². The maximum atomic E-state index is 11.7. The van der Waals surface area contributed by atoms with Gasteiger partial charge in [0.1, 0.15) is 6.07 Å². The first-order valence-electron chi connectivity index (χ1n) is 11.8. The van der Waals surface area contributed by atoms with Crippen molar-refractivity contribution >= 4 is 40.6 Å². The highest BCUT2D eigenvalue weighted by Gasteiger charge is 2.26. The molecule has 11 nitrogen and oxygen atoms in total. The van der Waals surface area contributed by atoms with E-state index in [4.69, 9.17) is 11.6 Å². The van der Waals surface area contributed by atoms with Crippen molar-refractivity contribution in [2.45, 2.75) is 37.6 Å². The molecule has 1 saturated carbocycles. The molecule has 0 unspecified atom stereocenters. The van der Waals surface area contributed by atoms with Crippen molar-refractivity contribution in [1.82, 2.24) is 29.8 Å². The van der Waals surface area contributed by atoms with Crippen LogP contribution in [0, 0.1) is 22.7 Å². The number of hydrogen-bond donors (Lipinski definition) is 3. The van der Waals surface area contributed by atoms with Gasteiger partial charge in [-0.3, -0.25) is 9.69 Å². The zero-order chi connectivity index (χ0) is 25.2. The number of imidazole rings is 1. The summed E-state index contributed by atoms with van der Waals surface area (Å²) in [7, 11) is 1.64. The zero-order valence-corrected chi connectivity index (χ0v) is 20.5. The van der Waals surface area contributed by atoms with Crippen LogP contribution in [0.5, 0.6) is 0 Å². The van der Waals surface area contributed by atoms with Crippen LogP contribution < -0.4 is 16.0 Å². The minimum Gasteiger partial charge on any atom is -0.364 e. The number of benzene rings is 1. The van der Waals surface area contributed by atoms with Crippen LogP contribution in [0.4, 0.5) is 17.5 Å². The minimum atomic E-state index is -0.00518. The van der Waals surface area contributed by atoms with Crippen molar-refractivity contribution in [2.24, 2.45) is 0 Å². The molecule has 1 aliphatic heterocycles. The fourth-order valence-corrected chi connectivity index (χ4v) is 4.74. The van der Waals surface area contributed by atoms with Crippen molar-refractivity contribution in [3.63, 3.8) is 0 Å². The van der Waals surface area contributed by atoms with Crippen molar-refractivity contribution in [2.75, 3.05) is 37.3 Å². The molecular formula is C24H25ClN10O. The maximum Gasteiger partial charge on any atom is 0.247 e. The molecule has 2 fully saturated rings. The number of hydrogen-bond acceptors (Lipinski definition) is 9. The minimum absolute atomic E-state index is 0.00518. The van der Waals surface area contributed by atoms with E-state index in [1.165, 1.54) is 10.7 Å². The number of likely N-dealkylation sites (tertiary alicyclic amines) is 1. The molecule has 12 heteroatoms. The molecule has 2 aliphatic rings. The summed E-state index contributed by atoms with van der Waals surface area (Å²) in [6.07, 6.45) is 5.20. The first-order chi connectivity index (χ1) is 17.5. The van der Waals surface area contributed by atoms with Crippen molar-refractivity contribution in [3.8, 4) is 12.1 Å². The van der Waals surface area contributed by atoms with Crippen LogP contribution in [0.25, 0.3) is 5.65 Å². The lowest BCUT2D eigenvalue weighted by Gasteiger charge is -2.32. The third-order valence-electron chi connectivity index (χ3n) is 6.54. The van der Waals surface area contributed by atoms with E-state index in [-0.39, 0.29) is 23.5 Å². The van der Waals surface area contributed by atoms with Crippen molar-refractivity contribution < 1.29 is 4.79 Å². The highest BCUT2D eigenvalue weighted by atomic mass is 35.5.